The molecule has 20 heavy (non-hydrogen) atoms. The lowest BCUT2D eigenvalue weighted by molar-refractivity contribution is 0.0525. The lowest BCUT2D eigenvalue weighted by atomic mass is 10.0. The van der Waals surface area contributed by atoms with E-state index in [0.717, 1.165) is 26.1 Å². The van der Waals surface area contributed by atoms with Crippen LogP contribution < -0.4 is 5.32 Å². The van der Waals surface area contributed by atoms with Gasteiger partial charge in [0.2, 0.25) is 0 Å². The number of carbonyl (C=O) groups is 1. The first-order valence-corrected chi connectivity index (χ1v) is 7.93. The Bertz CT molecular complexity index is 274. The molecule has 1 atom stereocenters. The van der Waals surface area contributed by atoms with E-state index < -0.39 is 0 Å². The van der Waals surface area contributed by atoms with E-state index in [0.29, 0.717) is 38.3 Å². The van der Waals surface area contributed by atoms with Crippen molar-refractivity contribution in [3.63, 3.8) is 0 Å². The van der Waals surface area contributed by atoms with Gasteiger partial charge in [0.25, 0.3) is 0 Å². The SMILES string of the molecule is CCN(CC)C(CNC(=O)N1CCOCC1)CC(C)C. The van der Waals surface area contributed by atoms with Crippen LogP contribution in [0, 0.1) is 5.92 Å². The zero-order valence-corrected chi connectivity index (χ0v) is 13.5. The molecule has 0 saturated carbocycles. The zero-order chi connectivity index (χ0) is 15.0. The lowest BCUT2D eigenvalue weighted by Crippen LogP contribution is -2.50. The Labute approximate surface area is 123 Å². The Morgan fingerprint density at radius 1 is 1.25 bits per heavy atom. The number of likely N-dealkylation sites (N-methyl/N-ethyl adjacent to an activating group) is 1. The van der Waals surface area contributed by atoms with E-state index in [1.807, 2.05) is 4.90 Å². The van der Waals surface area contributed by atoms with Crippen molar-refractivity contribution in [2.75, 3.05) is 45.9 Å². The number of nitrogens with one attached hydrogen (secondary N) is 1. The number of nitrogens with zero attached hydrogens (tertiary/aromatic N) is 2. The molecule has 1 fully saturated rings. The zero-order valence-electron chi connectivity index (χ0n) is 13.5. The molecular weight excluding hydrogens is 254 g/mol. The first-order chi connectivity index (χ1) is 9.58. The van der Waals surface area contributed by atoms with Crippen LogP contribution in [0.1, 0.15) is 34.1 Å². The van der Waals surface area contributed by atoms with Crippen molar-refractivity contribution in [1.29, 1.82) is 0 Å². The molecule has 0 bridgehead atoms. The van der Waals surface area contributed by atoms with Crippen molar-refractivity contribution < 1.29 is 9.53 Å². The Morgan fingerprint density at radius 3 is 2.35 bits per heavy atom. The highest BCUT2D eigenvalue weighted by atomic mass is 16.5. The van der Waals surface area contributed by atoms with E-state index in [-0.39, 0.29) is 6.03 Å². The van der Waals surface area contributed by atoms with Crippen molar-refractivity contribution in [1.82, 2.24) is 15.1 Å². The summed E-state index contributed by atoms with van der Waals surface area (Å²) in [6.45, 7) is 14.3. The summed E-state index contributed by atoms with van der Waals surface area (Å²) in [6.07, 6.45) is 1.12. The number of morpholine rings is 1. The molecule has 1 heterocycles. The third-order valence-electron chi connectivity index (χ3n) is 3.86. The summed E-state index contributed by atoms with van der Waals surface area (Å²) in [5, 5.41) is 3.10. The summed E-state index contributed by atoms with van der Waals surface area (Å²) < 4.78 is 5.27. The van der Waals surface area contributed by atoms with Gasteiger partial charge in [0.1, 0.15) is 0 Å². The van der Waals surface area contributed by atoms with E-state index in [1.165, 1.54) is 0 Å². The van der Waals surface area contributed by atoms with Gasteiger partial charge in [-0.25, -0.2) is 4.79 Å². The average Bonchev–Trinajstić information content (AvgIpc) is 2.45. The molecule has 1 rings (SSSR count). The summed E-state index contributed by atoms with van der Waals surface area (Å²) in [4.78, 5) is 16.4. The first kappa shape index (κ1) is 17.2. The van der Waals surface area contributed by atoms with Gasteiger partial charge in [0.15, 0.2) is 0 Å². The summed E-state index contributed by atoms with van der Waals surface area (Å²) in [7, 11) is 0. The van der Waals surface area contributed by atoms with Gasteiger partial charge in [0, 0.05) is 25.7 Å². The second-order valence-electron chi connectivity index (χ2n) is 5.79. The molecule has 1 saturated heterocycles. The Kier molecular flexibility index (Phi) is 7.92. The molecule has 0 aromatic heterocycles. The molecule has 0 aliphatic carbocycles. The van der Waals surface area contributed by atoms with Crippen LogP contribution >= 0.6 is 0 Å². The maximum Gasteiger partial charge on any atom is 0.317 e. The fourth-order valence-corrected chi connectivity index (χ4v) is 2.73. The van der Waals surface area contributed by atoms with Crippen LogP contribution in [-0.4, -0.2) is 67.8 Å². The number of hydrogen-bond acceptors (Lipinski definition) is 3. The summed E-state index contributed by atoms with van der Waals surface area (Å²) >= 11 is 0. The maximum atomic E-state index is 12.1. The molecule has 1 N–H and O–H groups in total. The quantitative estimate of drug-likeness (QED) is 0.775. The fourth-order valence-electron chi connectivity index (χ4n) is 2.73. The highest BCUT2D eigenvalue weighted by Crippen LogP contribution is 2.11. The minimum absolute atomic E-state index is 0.0502. The van der Waals surface area contributed by atoms with Gasteiger partial charge in [0.05, 0.1) is 13.2 Å². The molecule has 0 radical (unpaired) electrons. The molecule has 2 amide bonds. The van der Waals surface area contributed by atoms with Crippen LogP contribution in [-0.2, 0) is 4.74 Å². The van der Waals surface area contributed by atoms with Crippen molar-refractivity contribution >= 4 is 6.03 Å². The molecule has 1 unspecified atom stereocenters. The third kappa shape index (κ3) is 5.67. The Hall–Kier alpha value is -0.810. The summed E-state index contributed by atoms with van der Waals surface area (Å²) in [5.74, 6) is 0.640. The van der Waals surface area contributed by atoms with Crippen molar-refractivity contribution in [2.24, 2.45) is 5.92 Å². The van der Waals surface area contributed by atoms with Gasteiger partial charge in [-0.2, -0.15) is 0 Å². The molecule has 1 aliphatic heterocycles. The van der Waals surface area contributed by atoms with Gasteiger partial charge >= 0.3 is 6.03 Å². The number of urea groups is 1. The maximum absolute atomic E-state index is 12.1. The fraction of sp³-hybridized carbons (Fsp3) is 0.933. The minimum atomic E-state index is 0.0502. The normalized spacial score (nSPS) is 17.6. The molecule has 0 aromatic rings. The number of rotatable bonds is 7. The van der Waals surface area contributed by atoms with Crippen LogP contribution in [0.5, 0.6) is 0 Å². The van der Waals surface area contributed by atoms with E-state index in [1.54, 1.807) is 0 Å². The molecule has 5 heteroatoms. The number of amides is 2. The van der Waals surface area contributed by atoms with E-state index in [2.05, 4.69) is 37.9 Å². The van der Waals surface area contributed by atoms with Gasteiger partial charge in [-0.15, -0.1) is 0 Å². The molecule has 0 spiro atoms. The van der Waals surface area contributed by atoms with Crippen molar-refractivity contribution in [2.45, 2.75) is 40.2 Å². The first-order valence-electron chi connectivity index (χ1n) is 7.93. The summed E-state index contributed by atoms with van der Waals surface area (Å²) in [5.41, 5.74) is 0. The van der Waals surface area contributed by atoms with Crippen LogP contribution in [0.3, 0.4) is 0 Å². The van der Waals surface area contributed by atoms with Crippen LogP contribution in [0.15, 0.2) is 0 Å². The number of hydrogen-bond donors (Lipinski definition) is 1. The predicted molar refractivity (Wildman–Crippen MR) is 82.0 cm³/mol. The number of carbonyl (C=O) groups excluding carboxylic acids is 1. The monoisotopic (exact) mass is 285 g/mol. The Morgan fingerprint density at radius 2 is 1.85 bits per heavy atom. The van der Waals surface area contributed by atoms with Crippen molar-refractivity contribution in [3.8, 4) is 0 Å². The third-order valence-corrected chi connectivity index (χ3v) is 3.86. The topological polar surface area (TPSA) is 44.8 Å². The predicted octanol–water partition coefficient (Wildman–Crippen LogP) is 1.78. The Balaban J connectivity index is 2.45. The highest BCUT2D eigenvalue weighted by molar-refractivity contribution is 5.74. The van der Waals surface area contributed by atoms with Gasteiger partial charge in [-0.1, -0.05) is 27.7 Å². The molecule has 5 nitrogen and oxygen atoms in total. The molecule has 118 valence electrons. The lowest BCUT2D eigenvalue weighted by Gasteiger charge is -2.33. The minimum Gasteiger partial charge on any atom is -0.378 e. The van der Waals surface area contributed by atoms with Gasteiger partial charge < -0.3 is 15.0 Å². The second kappa shape index (κ2) is 9.19. The van der Waals surface area contributed by atoms with Crippen molar-refractivity contribution in [3.05, 3.63) is 0 Å². The standard InChI is InChI=1S/C15H31N3O2/c1-5-17(6-2)14(11-13(3)4)12-16-15(19)18-7-9-20-10-8-18/h13-14H,5-12H2,1-4H3,(H,16,19). The van der Waals surface area contributed by atoms with Crippen LogP contribution in [0.25, 0.3) is 0 Å². The van der Waals surface area contributed by atoms with E-state index in [9.17, 15) is 4.79 Å². The van der Waals surface area contributed by atoms with Crippen LogP contribution in [0.2, 0.25) is 0 Å². The highest BCUT2D eigenvalue weighted by Gasteiger charge is 2.21. The van der Waals surface area contributed by atoms with E-state index >= 15 is 0 Å². The van der Waals surface area contributed by atoms with Crippen LogP contribution in [0.4, 0.5) is 4.79 Å². The van der Waals surface area contributed by atoms with E-state index in [4.69, 9.17) is 4.74 Å². The second-order valence-corrected chi connectivity index (χ2v) is 5.79. The molecule has 1 aliphatic rings. The molecule has 0 aromatic carbocycles. The largest absolute Gasteiger partial charge is 0.378 e. The molecular formula is C15H31N3O2. The average molecular weight is 285 g/mol. The smallest absolute Gasteiger partial charge is 0.317 e. The number of ether oxygens (including phenoxy) is 1. The van der Waals surface area contributed by atoms with Gasteiger partial charge in [-0.05, 0) is 25.4 Å². The summed E-state index contributed by atoms with van der Waals surface area (Å²) in [6, 6.07) is 0.476. The van der Waals surface area contributed by atoms with Gasteiger partial charge in [-0.3, -0.25) is 4.90 Å².